The van der Waals surface area contributed by atoms with Crippen LogP contribution in [0.25, 0.3) is 10.9 Å². The molecule has 2 atom stereocenters. The fourth-order valence-corrected chi connectivity index (χ4v) is 4.27. The number of nitrogens with one attached hydrogen (secondary N) is 2. The number of carbonyl (C=O) groups is 1. The Labute approximate surface area is 160 Å². The predicted octanol–water partition coefficient (Wildman–Crippen LogP) is 2.76. The molecule has 2 heterocycles. The highest BCUT2D eigenvalue weighted by Crippen LogP contribution is 2.21. The Morgan fingerprint density at radius 1 is 1.19 bits per heavy atom. The Morgan fingerprint density at radius 3 is 2.78 bits per heavy atom. The van der Waals surface area contributed by atoms with Gasteiger partial charge in [0.2, 0.25) is 5.78 Å². The Balaban J connectivity index is 1.45. The van der Waals surface area contributed by atoms with Gasteiger partial charge in [0.15, 0.2) is 0 Å². The number of aromatic amines is 1. The van der Waals surface area contributed by atoms with E-state index in [4.69, 9.17) is 0 Å². The molecule has 1 aliphatic heterocycles. The second kappa shape index (κ2) is 7.20. The minimum Gasteiger partial charge on any atom is -0.360 e. The summed E-state index contributed by atoms with van der Waals surface area (Å²) in [6, 6.07) is 15.4. The van der Waals surface area contributed by atoms with Crippen LogP contribution < -0.4 is 9.80 Å². The van der Waals surface area contributed by atoms with Gasteiger partial charge in [-0.3, -0.25) is 4.79 Å². The van der Waals surface area contributed by atoms with Crippen molar-refractivity contribution in [3.8, 4) is 0 Å². The van der Waals surface area contributed by atoms with Crippen molar-refractivity contribution in [3.63, 3.8) is 0 Å². The van der Waals surface area contributed by atoms with Crippen molar-refractivity contribution in [1.29, 1.82) is 0 Å². The quantitative estimate of drug-likeness (QED) is 0.701. The van der Waals surface area contributed by atoms with Gasteiger partial charge in [-0.05, 0) is 50.6 Å². The van der Waals surface area contributed by atoms with Crippen LogP contribution in [-0.2, 0) is 0 Å². The highest BCUT2D eigenvalue weighted by molar-refractivity contribution is 6.08. The lowest BCUT2D eigenvalue weighted by Gasteiger charge is -2.38. The Morgan fingerprint density at radius 2 is 2.00 bits per heavy atom. The zero-order valence-corrected chi connectivity index (χ0v) is 16.4. The van der Waals surface area contributed by atoms with Gasteiger partial charge in [-0.15, -0.1) is 0 Å². The summed E-state index contributed by atoms with van der Waals surface area (Å²) in [5.41, 5.74) is 5.63. The van der Waals surface area contributed by atoms with E-state index in [1.54, 1.807) is 0 Å². The van der Waals surface area contributed by atoms with E-state index in [0.29, 0.717) is 12.6 Å². The predicted molar refractivity (Wildman–Crippen MR) is 111 cm³/mol. The van der Waals surface area contributed by atoms with Gasteiger partial charge in [0.05, 0.1) is 25.7 Å². The van der Waals surface area contributed by atoms with Crippen LogP contribution >= 0.6 is 0 Å². The monoisotopic (exact) mass is 362 g/mol. The topological polar surface area (TPSA) is 40.5 Å². The van der Waals surface area contributed by atoms with Gasteiger partial charge in [-0.1, -0.05) is 23.8 Å². The number of nitrogens with zero attached hydrogens (tertiary/aromatic N) is 1. The number of H-pyrrole nitrogens is 1. The molecule has 0 bridgehead atoms. The van der Waals surface area contributed by atoms with Gasteiger partial charge >= 0.3 is 0 Å². The summed E-state index contributed by atoms with van der Waals surface area (Å²) in [5, 5.41) is 1.05. The summed E-state index contributed by atoms with van der Waals surface area (Å²) in [7, 11) is 0. The molecule has 2 N–H and O–H groups in total. The SMILES string of the molecule is Cc1cccc(N2CC[NH+](CC(=O)c3c[nH]c4ccc(C)cc34)C[C@H]2C)c1. The molecule has 0 amide bonds. The van der Waals surface area contributed by atoms with Crippen molar-refractivity contribution in [2.24, 2.45) is 0 Å². The summed E-state index contributed by atoms with van der Waals surface area (Å²) in [5.74, 6) is 0.234. The molecule has 27 heavy (non-hydrogen) atoms. The van der Waals surface area contributed by atoms with Crippen LogP contribution in [0.4, 0.5) is 5.69 Å². The number of Topliss-reactive ketones (excluding diaryl/α,β-unsaturated/α-hetero) is 1. The molecule has 140 valence electrons. The molecule has 0 saturated carbocycles. The van der Waals surface area contributed by atoms with Gasteiger partial charge in [0.1, 0.15) is 6.54 Å². The van der Waals surface area contributed by atoms with Gasteiger partial charge in [0.25, 0.3) is 0 Å². The van der Waals surface area contributed by atoms with Crippen molar-refractivity contribution >= 4 is 22.4 Å². The molecule has 1 fully saturated rings. The summed E-state index contributed by atoms with van der Waals surface area (Å²) in [6.07, 6.45) is 1.87. The fourth-order valence-electron chi connectivity index (χ4n) is 4.27. The number of ketones is 1. The molecule has 4 nitrogen and oxygen atoms in total. The first-order chi connectivity index (χ1) is 13.0. The van der Waals surface area contributed by atoms with Crippen molar-refractivity contribution in [2.75, 3.05) is 31.1 Å². The number of hydrogen-bond acceptors (Lipinski definition) is 2. The number of benzene rings is 2. The summed E-state index contributed by atoms with van der Waals surface area (Å²) < 4.78 is 0. The molecule has 4 heteroatoms. The molecular formula is C23H28N3O+. The lowest BCUT2D eigenvalue weighted by atomic mass is 10.1. The van der Waals surface area contributed by atoms with Gasteiger partial charge in [-0.2, -0.15) is 0 Å². The highest BCUT2D eigenvalue weighted by atomic mass is 16.1. The molecule has 1 aromatic heterocycles. The number of aromatic nitrogens is 1. The van der Waals surface area contributed by atoms with E-state index < -0.39 is 0 Å². The minimum atomic E-state index is 0.234. The lowest BCUT2D eigenvalue weighted by Crippen LogP contribution is -3.16. The number of rotatable bonds is 4. The third kappa shape index (κ3) is 3.62. The molecule has 1 saturated heterocycles. The van der Waals surface area contributed by atoms with E-state index >= 15 is 0 Å². The Hall–Kier alpha value is -2.59. The van der Waals surface area contributed by atoms with Crippen molar-refractivity contribution in [1.82, 2.24) is 4.98 Å². The van der Waals surface area contributed by atoms with Crippen LogP contribution in [0.15, 0.2) is 48.7 Å². The van der Waals surface area contributed by atoms with Crippen LogP contribution in [0.1, 0.15) is 28.4 Å². The van der Waals surface area contributed by atoms with E-state index in [1.807, 2.05) is 6.20 Å². The molecule has 4 rings (SSSR count). The average Bonchev–Trinajstić information content (AvgIpc) is 3.05. The number of hydrogen-bond donors (Lipinski definition) is 2. The highest BCUT2D eigenvalue weighted by Gasteiger charge is 2.29. The van der Waals surface area contributed by atoms with Crippen LogP contribution in [0.3, 0.4) is 0 Å². The first kappa shape index (κ1) is 17.8. The zero-order valence-electron chi connectivity index (χ0n) is 16.4. The zero-order chi connectivity index (χ0) is 19.0. The number of piperazine rings is 1. The third-order valence-electron chi connectivity index (χ3n) is 5.70. The first-order valence-electron chi connectivity index (χ1n) is 9.79. The maximum atomic E-state index is 12.9. The third-order valence-corrected chi connectivity index (χ3v) is 5.70. The van der Waals surface area contributed by atoms with E-state index in [1.165, 1.54) is 21.7 Å². The number of anilines is 1. The van der Waals surface area contributed by atoms with Crippen molar-refractivity contribution in [2.45, 2.75) is 26.8 Å². The normalized spacial score (nSPS) is 20.2. The van der Waals surface area contributed by atoms with E-state index in [-0.39, 0.29) is 5.78 Å². The number of quaternary nitrogens is 1. The van der Waals surface area contributed by atoms with E-state index in [0.717, 1.165) is 36.1 Å². The molecule has 3 aromatic rings. The Kier molecular flexibility index (Phi) is 4.75. The minimum absolute atomic E-state index is 0.234. The summed E-state index contributed by atoms with van der Waals surface area (Å²) in [4.78, 5) is 20.0. The van der Waals surface area contributed by atoms with Crippen molar-refractivity contribution < 1.29 is 9.69 Å². The maximum absolute atomic E-state index is 12.9. The van der Waals surface area contributed by atoms with Crippen LogP contribution in [-0.4, -0.2) is 43.0 Å². The second-order valence-corrected chi connectivity index (χ2v) is 7.94. The average molecular weight is 362 g/mol. The number of aryl methyl sites for hydroxylation is 2. The van der Waals surface area contributed by atoms with Crippen LogP contribution in [0.5, 0.6) is 0 Å². The maximum Gasteiger partial charge on any atom is 0.219 e. The first-order valence-corrected chi connectivity index (χ1v) is 9.79. The molecule has 0 aliphatic carbocycles. The molecule has 2 aromatic carbocycles. The summed E-state index contributed by atoms with van der Waals surface area (Å²) in [6.45, 7) is 10.00. The van der Waals surface area contributed by atoms with E-state index in [2.05, 4.69) is 73.1 Å². The molecule has 0 spiro atoms. The molecular weight excluding hydrogens is 334 g/mol. The largest absolute Gasteiger partial charge is 0.360 e. The lowest BCUT2D eigenvalue weighted by molar-refractivity contribution is -0.894. The fraction of sp³-hybridized carbons (Fsp3) is 0.348. The molecule has 1 unspecified atom stereocenters. The van der Waals surface area contributed by atoms with Gasteiger partial charge in [0, 0.05) is 28.4 Å². The van der Waals surface area contributed by atoms with Gasteiger partial charge < -0.3 is 14.8 Å². The van der Waals surface area contributed by atoms with Gasteiger partial charge in [-0.25, -0.2) is 0 Å². The smallest absolute Gasteiger partial charge is 0.219 e. The van der Waals surface area contributed by atoms with Crippen LogP contribution in [0, 0.1) is 13.8 Å². The summed E-state index contributed by atoms with van der Waals surface area (Å²) >= 11 is 0. The van der Waals surface area contributed by atoms with Crippen LogP contribution in [0.2, 0.25) is 0 Å². The standard InChI is InChI=1S/C23H27N3O/c1-16-5-4-6-19(11-16)26-10-9-25(14-18(26)3)15-23(27)21-13-24-22-8-7-17(2)12-20(21)22/h4-8,11-13,18,24H,9-10,14-15H2,1-3H3/p+1/t18-/m1/s1. The number of fused-ring (bicyclic) bond motifs is 1. The van der Waals surface area contributed by atoms with Crippen molar-refractivity contribution in [3.05, 3.63) is 65.4 Å². The second-order valence-electron chi connectivity index (χ2n) is 7.94. The molecule has 0 radical (unpaired) electrons. The Bertz CT molecular complexity index is 975. The number of carbonyl (C=O) groups excluding carboxylic acids is 1. The molecule has 1 aliphatic rings. The van der Waals surface area contributed by atoms with E-state index in [9.17, 15) is 4.79 Å².